The SMILES string of the molecule is O=C(O)C1CCC(Nc2ccc(SC(F)F)cc2)CC1. The van der Waals surface area contributed by atoms with Gasteiger partial charge in [0.1, 0.15) is 0 Å². The fourth-order valence-corrected chi connectivity index (χ4v) is 2.95. The highest BCUT2D eigenvalue weighted by Gasteiger charge is 2.25. The number of carboxylic acids is 1. The van der Waals surface area contributed by atoms with Crippen molar-refractivity contribution in [2.24, 2.45) is 5.92 Å². The summed E-state index contributed by atoms with van der Waals surface area (Å²) in [7, 11) is 0. The van der Waals surface area contributed by atoms with E-state index in [1.165, 1.54) is 0 Å². The molecule has 1 aromatic carbocycles. The van der Waals surface area contributed by atoms with Crippen LogP contribution in [0.4, 0.5) is 14.5 Å². The van der Waals surface area contributed by atoms with Gasteiger partial charge in [-0.1, -0.05) is 11.8 Å². The van der Waals surface area contributed by atoms with Crippen molar-refractivity contribution < 1.29 is 18.7 Å². The van der Waals surface area contributed by atoms with Crippen molar-refractivity contribution >= 4 is 23.4 Å². The van der Waals surface area contributed by atoms with Crippen LogP contribution in [0.1, 0.15) is 25.7 Å². The Kier molecular flexibility index (Phi) is 5.23. The van der Waals surface area contributed by atoms with Crippen molar-refractivity contribution in [3.05, 3.63) is 24.3 Å². The minimum absolute atomic E-state index is 0.224. The lowest BCUT2D eigenvalue weighted by atomic mass is 9.86. The van der Waals surface area contributed by atoms with Crippen molar-refractivity contribution in [3.8, 4) is 0 Å². The summed E-state index contributed by atoms with van der Waals surface area (Å²) >= 11 is 0.530. The monoisotopic (exact) mass is 301 g/mol. The lowest BCUT2D eigenvalue weighted by molar-refractivity contribution is -0.142. The van der Waals surface area contributed by atoms with E-state index in [1.807, 2.05) is 0 Å². The van der Waals surface area contributed by atoms with Crippen LogP contribution < -0.4 is 5.32 Å². The van der Waals surface area contributed by atoms with E-state index in [-0.39, 0.29) is 12.0 Å². The van der Waals surface area contributed by atoms with E-state index in [9.17, 15) is 13.6 Å². The molecule has 0 radical (unpaired) electrons. The number of alkyl halides is 2. The Bertz CT molecular complexity index is 445. The number of halogens is 2. The van der Waals surface area contributed by atoms with Crippen LogP contribution in [0.3, 0.4) is 0 Å². The number of carbonyl (C=O) groups is 1. The van der Waals surface area contributed by atoms with Crippen molar-refractivity contribution in [2.75, 3.05) is 5.32 Å². The number of anilines is 1. The average Bonchev–Trinajstić information content (AvgIpc) is 2.41. The molecule has 20 heavy (non-hydrogen) atoms. The molecule has 1 saturated carbocycles. The Balaban J connectivity index is 1.83. The molecule has 2 rings (SSSR count). The van der Waals surface area contributed by atoms with Crippen molar-refractivity contribution in [3.63, 3.8) is 0 Å². The molecule has 110 valence electrons. The van der Waals surface area contributed by atoms with Crippen LogP contribution in [0.25, 0.3) is 0 Å². The van der Waals surface area contributed by atoms with Gasteiger partial charge in [0.05, 0.1) is 5.92 Å². The summed E-state index contributed by atoms with van der Waals surface area (Å²) in [4.78, 5) is 11.4. The summed E-state index contributed by atoms with van der Waals surface area (Å²) in [5, 5.41) is 12.3. The lowest BCUT2D eigenvalue weighted by Gasteiger charge is -2.27. The molecule has 0 unspecified atom stereocenters. The fraction of sp³-hybridized carbons (Fsp3) is 0.500. The third kappa shape index (κ3) is 4.37. The van der Waals surface area contributed by atoms with E-state index in [0.717, 1.165) is 18.5 Å². The van der Waals surface area contributed by atoms with E-state index in [0.29, 0.717) is 29.5 Å². The predicted octanol–water partition coefficient (Wildman–Crippen LogP) is 4.06. The zero-order chi connectivity index (χ0) is 14.5. The average molecular weight is 301 g/mol. The molecule has 0 aliphatic heterocycles. The van der Waals surface area contributed by atoms with Gasteiger partial charge in [-0.2, -0.15) is 8.78 Å². The number of carboxylic acid groups (broad SMARTS) is 1. The van der Waals surface area contributed by atoms with Crippen LogP contribution in [-0.2, 0) is 4.79 Å². The molecular formula is C14H17F2NO2S. The van der Waals surface area contributed by atoms with Crippen LogP contribution in [-0.4, -0.2) is 22.9 Å². The molecule has 0 amide bonds. The van der Waals surface area contributed by atoms with Gasteiger partial charge in [-0.15, -0.1) is 0 Å². The molecule has 6 heteroatoms. The van der Waals surface area contributed by atoms with Gasteiger partial charge in [0.2, 0.25) is 0 Å². The van der Waals surface area contributed by atoms with E-state index < -0.39 is 11.7 Å². The number of nitrogens with one attached hydrogen (secondary N) is 1. The van der Waals surface area contributed by atoms with Gasteiger partial charge in [-0.25, -0.2) is 0 Å². The van der Waals surface area contributed by atoms with Gasteiger partial charge in [-0.05, 0) is 49.9 Å². The molecule has 1 aliphatic carbocycles. The van der Waals surface area contributed by atoms with Gasteiger partial charge >= 0.3 is 5.97 Å². The van der Waals surface area contributed by atoms with Crippen LogP contribution in [0.5, 0.6) is 0 Å². The third-order valence-corrected chi connectivity index (χ3v) is 4.25. The largest absolute Gasteiger partial charge is 0.481 e. The zero-order valence-corrected chi connectivity index (χ0v) is 11.7. The summed E-state index contributed by atoms with van der Waals surface area (Å²) in [6.07, 6.45) is 3.02. The zero-order valence-electron chi connectivity index (χ0n) is 10.9. The summed E-state index contributed by atoms with van der Waals surface area (Å²) < 4.78 is 24.4. The normalized spacial score (nSPS) is 22.8. The number of hydrogen-bond acceptors (Lipinski definition) is 3. The summed E-state index contributed by atoms with van der Waals surface area (Å²) in [6, 6.07) is 7.17. The molecule has 0 heterocycles. The van der Waals surface area contributed by atoms with Crippen LogP contribution in [0.15, 0.2) is 29.2 Å². The van der Waals surface area contributed by atoms with Crippen LogP contribution in [0.2, 0.25) is 0 Å². The maximum absolute atomic E-state index is 12.2. The quantitative estimate of drug-likeness (QED) is 0.805. The summed E-state index contributed by atoms with van der Waals surface area (Å²) in [5.41, 5.74) is 0.891. The van der Waals surface area contributed by atoms with Gasteiger partial charge < -0.3 is 10.4 Å². The van der Waals surface area contributed by atoms with Crippen molar-refractivity contribution in [1.82, 2.24) is 0 Å². The number of aliphatic carboxylic acids is 1. The lowest BCUT2D eigenvalue weighted by Crippen LogP contribution is -2.29. The first-order chi connectivity index (χ1) is 9.54. The van der Waals surface area contributed by atoms with E-state index in [4.69, 9.17) is 5.11 Å². The van der Waals surface area contributed by atoms with Gasteiger partial charge in [0.25, 0.3) is 5.76 Å². The predicted molar refractivity (Wildman–Crippen MR) is 75.3 cm³/mol. The second-order valence-electron chi connectivity index (χ2n) is 4.93. The minimum atomic E-state index is -2.40. The number of rotatable bonds is 5. The highest BCUT2D eigenvalue weighted by Crippen LogP contribution is 2.29. The van der Waals surface area contributed by atoms with Crippen LogP contribution in [0, 0.1) is 5.92 Å². The Labute approximate surface area is 120 Å². The van der Waals surface area contributed by atoms with Gasteiger partial charge in [0.15, 0.2) is 0 Å². The molecule has 0 atom stereocenters. The number of benzene rings is 1. The molecule has 0 aromatic heterocycles. The highest BCUT2D eigenvalue weighted by molar-refractivity contribution is 7.99. The van der Waals surface area contributed by atoms with E-state index >= 15 is 0 Å². The Morgan fingerprint density at radius 2 is 1.80 bits per heavy atom. The number of thioether (sulfide) groups is 1. The second-order valence-corrected chi connectivity index (χ2v) is 6.00. The van der Waals surface area contributed by atoms with Crippen molar-refractivity contribution in [1.29, 1.82) is 0 Å². The third-order valence-electron chi connectivity index (χ3n) is 3.53. The first-order valence-electron chi connectivity index (χ1n) is 6.59. The van der Waals surface area contributed by atoms with Crippen LogP contribution >= 0.6 is 11.8 Å². The Morgan fingerprint density at radius 3 is 2.30 bits per heavy atom. The maximum Gasteiger partial charge on any atom is 0.306 e. The van der Waals surface area contributed by atoms with E-state index in [1.54, 1.807) is 24.3 Å². The first kappa shape index (κ1) is 15.1. The van der Waals surface area contributed by atoms with E-state index in [2.05, 4.69) is 5.32 Å². The molecular weight excluding hydrogens is 284 g/mol. The molecule has 2 N–H and O–H groups in total. The Hall–Kier alpha value is -1.30. The first-order valence-corrected chi connectivity index (χ1v) is 7.47. The fourth-order valence-electron chi connectivity index (χ4n) is 2.45. The summed E-state index contributed by atoms with van der Waals surface area (Å²) in [6.45, 7) is 0. The molecule has 1 aromatic rings. The molecule has 0 spiro atoms. The Morgan fingerprint density at radius 1 is 1.20 bits per heavy atom. The standard InChI is InChI=1S/C14H17F2NO2S/c15-14(16)20-12-7-5-11(6-8-12)17-10-3-1-9(2-4-10)13(18)19/h5-10,14,17H,1-4H2,(H,18,19). The van der Waals surface area contributed by atoms with Crippen molar-refractivity contribution in [2.45, 2.75) is 42.4 Å². The minimum Gasteiger partial charge on any atom is -0.481 e. The topological polar surface area (TPSA) is 49.3 Å². The van der Waals surface area contributed by atoms with Gasteiger partial charge in [0, 0.05) is 16.6 Å². The smallest absolute Gasteiger partial charge is 0.306 e. The second kappa shape index (κ2) is 6.92. The maximum atomic E-state index is 12.2. The molecule has 1 fully saturated rings. The van der Waals surface area contributed by atoms with Gasteiger partial charge in [-0.3, -0.25) is 4.79 Å². The molecule has 3 nitrogen and oxygen atoms in total. The molecule has 0 bridgehead atoms. The highest BCUT2D eigenvalue weighted by atomic mass is 32.2. The molecule has 0 saturated heterocycles. The molecule has 1 aliphatic rings. The summed E-state index contributed by atoms with van der Waals surface area (Å²) in [5.74, 6) is -3.34. The number of hydrogen-bond donors (Lipinski definition) is 2.